The van der Waals surface area contributed by atoms with E-state index in [1.165, 1.54) is 6.07 Å². The van der Waals surface area contributed by atoms with Crippen molar-refractivity contribution in [3.05, 3.63) is 98.4 Å². The number of aromatic carboxylic acids is 1. The van der Waals surface area contributed by atoms with Crippen molar-refractivity contribution in [2.24, 2.45) is 7.05 Å². The molecule has 0 aliphatic rings. The minimum absolute atomic E-state index is 0.0856. The summed E-state index contributed by atoms with van der Waals surface area (Å²) in [5.74, 6) is 0.0141. The zero-order valence-corrected chi connectivity index (χ0v) is 23.4. The molecule has 2 N–H and O–H groups in total. The Labute approximate surface area is 235 Å². The number of fused-ring (bicyclic) bond motifs is 1. The molecule has 40 heavy (non-hydrogen) atoms. The Morgan fingerprint density at radius 2 is 1.65 bits per heavy atom. The van der Waals surface area contributed by atoms with E-state index in [-0.39, 0.29) is 16.4 Å². The molecule has 0 bridgehead atoms. The fourth-order valence-electron chi connectivity index (χ4n) is 4.82. The molecule has 0 saturated heterocycles. The normalized spacial score (nSPS) is 11.9. The van der Waals surface area contributed by atoms with E-state index in [2.05, 4.69) is 20.3 Å². The van der Waals surface area contributed by atoms with Crippen LogP contribution in [0.5, 0.6) is 0 Å². The number of aryl methyl sites for hydroxylation is 3. The van der Waals surface area contributed by atoms with E-state index >= 15 is 0 Å². The third-order valence-corrected chi connectivity index (χ3v) is 6.87. The van der Waals surface area contributed by atoms with Crippen LogP contribution < -0.4 is 10.9 Å². The largest absolute Gasteiger partial charge is 0.476 e. The van der Waals surface area contributed by atoms with Gasteiger partial charge >= 0.3 is 5.97 Å². The Kier molecular flexibility index (Phi) is 7.08. The van der Waals surface area contributed by atoms with Gasteiger partial charge in [-0.3, -0.25) is 9.36 Å². The summed E-state index contributed by atoms with van der Waals surface area (Å²) in [5.41, 5.74) is 5.55. The highest BCUT2D eigenvalue weighted by Crippen LogP contribution is 2.30. The molecule has 0 saturated carbocycles. The molecular formula is C30H27ClN6O3. The van der Waals surface area contributed by atoms with Crippen molar-refractivity contribution in [3.63, 3.8) is 0 Å². The van der Waals surface area contributed by atoms with Crippen molar-refractivity contribution in [2.75, 3.05) is 5.32 Å². The van der Waals surface area contributed by atoms with Crippen molar-refractivity contribution in [3.8, 4) is 22.6 Å². The Morgan fingerprint density at radius 1 is 0.950 bits per heavy atom. The molecule has 0 unspecified atom stereocenters. The van der Waals surface area contributed by atoms with Crippen molar-refractivity contribution >= 4 is 34.2 Å². The fraction of sp³-hybridized carbons (Fsp3) is 0.200. The SMILES string of the molecule is Cc1cc([C@@H](C)Nc2ccc(Cl)nc2C(=O)O)c2nc(-c3ccc(-c4cc(C)nc(C)n4)cc3)n(C)c(=O)c2c1. The van der Waals surface area contributed by atoms with E-state index < -0.39 is 12.0 Å². The van der Waals surface area contributed by atoms with Crippen molar-refractivity contribution in [2.45, 2.75) is 33.7 Å². The smallest absolute Gasteiger partial charge is 0.356 e. The van der Waals surface area contributed by atoms with E-state index in [0.717, 1.165) is 33.6 Å². The molecule has 9 nitrogen and oxygen atoms in total. The van der Waals surface area contributed by atoms with Gasteiger partial charge in [0.05, 0.1) is 28.3 Å². The molecule has 5 rings (SSSR count). The number of hydrogen-bond acceptors (Lipinski definition) is 7. The van der Waals surface area contributed by atoms with Crippen molar-refractivity contribution < 1.29 is 9.90 Å². The monoisotopic (exact) mass is 554 g/mol. The lowest BCUT2D eigenvalue weighted by molar-refractivity contribution is 0.0691. The molecule has 1 atom stereocenters. The summed E-state index contributed by atoms with van der Waals surface area (Å²) in [6.07, 6.45) is 0. The number of carboxylic acid groups (broad SMARTS) is 1. The first-order valence-electron chi connectivity index (χ1n) is 12.6. The first-order valence-corrected chi connectivity index (χ1v) is 13.0. The number of carbonyl (C=O) groups is 1. The summed E-state index contributed by atoms with van der Waals surface area (Å²) in [6, 6.07) is 16.1. The van der Waals surface area contributed by atoms with Gasteiger partial charge < -0.3 is 10.4 Å². The maximum atomic E-state index is 13.5. The number of anilines is 1. The molecule has 0 aliphatic heterocycles. The number of nitrogens with one attached hydrogen (secondary N) is 1. The van der Waals surface area contributed by atoms with E-state index in [0.29, 0.717) is 28.2 Å². The second-order valence-corrected chi connectivity index (χ2v) is 10.2. The van der Waals surface area contributed by atoms with Crippen LogP contribution in [-0.2, 0) is 7.05 Å². The lowest BCUT2D eigenvalue weighted by Gasteiger charge is -2.20. The number of nitrogens with zero attached hydrogens (tertiary/aromatic N) is 5. The number of pyridine rings is 1. The van der Waals surface area contributed by atoms with Gasteiger partial charge in [-0.1, -0.05) is 41.9 Å². The van der Waals surface area contributed by atoms with Crippen LogP contribution in [0.3, 0.4) is 0 Å². The summed E-state index contributed by atoms with van der Waals surface area (Å²) in [4.78, 5) is 43.1. The predicted octanol–water partition coefficient (Wildman–Crippen LogP) is 5.90. The molecule has 5 aromatic rings. The van der Waals surface area contributed by atoms with Gasteiger partial charge in [-0.05, 0) is 57.5 Å². The number of hydrogen-bond donors (Lipinski definition) is 2. The highest BCUT2D eigenvalue weighted by atomic mass is 35.5. The minimum Gasteiger partial charge on any atom is -0.476 e. The van der Waals surface area contributed by atoms with Gasteiger partial charge in [0.1, 0.15) is 16.8 Å². The third-order valence-electron chi connectivity index (χ3n) is 6.66. The highest BCUT2D eigenvalue weighted by molar-refractivity contribution is 6.29. The van der Waals surface area contributed by atoms with Gasteiger partial charge in [-0.2, -0.15) is 0 Å². The van der Waals surface area contributed by atoms with Gasteiger partial charge in [0.2, 0.25) is 0 Å². The first kappa shape index (κ1) is 27.0. The Hall–Kier alpha value is -4.63. The number of halogens is 1. The third kappa shape index (κ3) is 5.15. The summed E-state index contributed by atoms with van der Waals surface area (Å²) in [7, 11) is 1.71. The molecule has 10 heteroatoms. The molecular weight excluding hydrogens is 528 g/mol. The summed E-state index contributed by atoms with van der Waals surface area (Å²) < 4.78 is 1.54. The average Bonchev–Trinajstić information content (AvgIpc) is 2.91. The Balaban J connectivity index is 1.60. The zero-order chi connectivity index (χ0) is 28.7. The van der Waals surface area contributed by atoms with Crippen LogP contribution in [0, 0.1) is 20.8 Å². The van der Waals surface area contributed by atoms with Crippen LogP contribution in [-0.4, -0.2) is 35.6 Å². The predicted molar refractivity (Wildman–Crippen MR) is 156 cm³/mol. The van der Waals surface area contributed by atoms with Crippen LogP contribution in [0.1, 0.15) is 46.1 Å². The van der Waals surface area contributed by atoms with Gasteiger partial charge in [-0.15, -0.1) is 0 Å². The van der Waals surface area contributed by atoms with Crippen molar-refractivity contribution in [1.29, 1.82) is 0 Å². The summed E-state index contributed by atoms with van der Waals surface area (Å²) in [6.45, 7) is 7.59. The first-order chi connectivity index (χ1) is 19.0. The second-order valence-electron chi connectivity index (χ2n) is 9.77. The van der Waals surface area contributed by atoms with Gasteiger partial charge in [0, 0.05) is 29.4 Å². The second kappa shape index (κ2) is 10.5. The maximum Gasteiger partial charge on any atom is 0.356 e. The number of rotatable bonds is 6. The molecule has 3 heterocycles. The number of benzene rings is 2. The van der Waals surface area contributed by atoms with E-state index in [4.69, 9.17) is 16.6 Å². The van der Waals surface area contributed by atoms with Crippen LogP contribution >= 0.6 is 11.6 Å². The zero-order valence-electron chi connectivity index (χ0n) is 22.7. The topological polar surface area (TPSA) is 123 Å². The molecule has 0 spiro atoms. The number of aromatic nitrogens is 5. The van der Waals surface area contributed by atoms with Crippen LogP contribution in [0.2, 0.25) is 5.15 Å². The molecule has 0 aliphatic carbocycles. The van der Waals surface area contributed by atoms with Gasteiger partial charge in [-0.25, -0.2) is 24.7 Å². The molecule has 0 radical (unpaired) electrons. The van der Waals surface area contributed by atoms with Crippen LogP contribution in [0.25, 0.3) is 33.5 Å². The van der Waals surface area contributed by atoms with Crippen molar-refractivity contribution in [1.82, 2.24) is 24.5 Å². The van der Waals surface area contributed by atoms with Gasteiger partial charge in [0.25, 0.3) is 5.56 Å². The summed E-state index contributed by atoms with van der Waals surface area (Å²) in [5, 5.41) is 13.4. The Morgan fingerprint density at radius 3 is 2.33 bits per heavy atom. The lowest BCUT2D eigenvalue weighted by Crippen LogP contribution is -2.22. The quantitative estimate of drug-likeness (QED) is 0.249. The van der Waals surface area contributed by atoms with E-state index in [1.807, 2.05) is 70.2 Å². The minimum atomic E-state index is -1.20. The number of carboxylic acids is 1. The average molecular weight is 555 g/mol. The highest BCUT2D eigenvalue weighted by Gasteiger charge is 2.20. The molecule has 0 amide bonds. The lowest BCUT2D eigenvalue weighted by atomic mass is 10.0. The van der Waals surface area contributed by atoms with E-state index in [9.17, 15) is 14.7 Å². The van der Waals surface area contributed by atoms with Gasteiger partial charge in [0.15, 0.2) is 5.69 Å². The summed E-state index contributed by atoms with van der Waals surface area (Å²) >= 11 is 5.92. The Bertz CT molecular complexity index is 1830. The van der Waals surface area contributed by atoms with Crippen LogP contribution in [0.15, 0.2) is 59.4 Å². The van der Waals surface area contributed by atoms with Crippen LogP contribution in [0.4, 0.5) is 5.69 Å². The molecule has 0 fully saturated rings. The van der Waals surface area contributed by atoms with E-state index in [1.54, 1.807) is 17.7 Å². The fourth-order valence-corrected chi connectivity index (χ4v) is 4.97. The molecule has 2 aromatic carbocycles. The molecule has 202 valence electrons. The molecule has 3 aromatic heterocycles. The standard InChI is InChI=1S/C30H27ClN6O3/c1-15-12-21(17(3)33-23-10-11-25(31)35-27(23)30(39)40)26-22(13-15)29(38)37(5)28(36-26)20-8-6-19(7-9-20)24-14-16(2)32-18(4)34-24/h6-14,17,33H,1-5H3,(H,39,40)/t17-/m1/s1. The maximum absolute atomic E-state index is 13.5.